The first-order valence-corrected chi connectivity index (χ1v) is 7.69. The predicted molar refractivity (Wildman–Crippen MR) is 113 cm³/mol. The summed E-state index contributed by atoms with van der Waals surface area (Å²) in [5.74, 6) is 1.17. The van der Waals surface area contributed by atoms with Crippen LogP contribution in [0.15, 0.2) is 53.5 Å². The molecule has 0 spiro atoms. The third-order valence-corrected chi connectivity index (χ3v) is 3.59. The van der Waals surface area contributed by atoms with Crippen LogP contribution in [-0.2, 0) is 12.0 Å². The lowest BCUT2D eigenvalue weighted by Crippen LogP contribution is -2.22. The van der Waals surface area contributed by atoms with Gasteiger partial charge in [0, 0.05) is 11.8 Å². The summed E-state index contributed by atoms with van der Waals surface area (Å²) < 4.78 is 5.18. The van der Waals surface area contributed by atoms with Crippen molar-refractivity contribution in [2.75, 3.05) is 12.4 Å². The first-order valence-electron chi connectivity index (χ1n) is 7.69. The van der Waals surface area contributed by atoms with Crippen LogP contribution in [0.1, 0.15) is 31.9 Å². The van der Waals surface area contributed by atoms with Crippen LogP contribution in [0.25, 0.3) is 0 Å². The number of benzene rings is 2. The molecule has 0 bridgehead atoms. The van der Waals surface area contributed by atoms with E-state index < -0.39 is 0 Å². The Morgan fingerprint density at radius 1 is 1.12 bits per heavy atom. The van der Waals surface area contributed by atoms with Gasteiger partial charge >= 0.3 is 0 Å². The topological polar surface area (TPSA) is 59.6 Å². The van der Waals surface area contributed by atoms with Crippen LogP contribution in [0.5, 0.6) is 5.75 Å². The number of hydrogen-bond donors (Lipinski definition) is 2. The number of guanidine groups is 1. The number of nitrogens with two attached hydrogens (primary N) is 1. The Morgan fingerprint density at radius 2 is 1.79 bits per heavy atom. The smallest absolute Gasteiger partial charge is 0.193 e. The highest BCUT2D eigenvalue weighted by atomic mass is 127. The van der Waals surface area contributed by atoms with Crippen LogP contribution in [0, 0.1) is 0 Å². The van der Waals surface area contributed by atoms with Crippen molar-refractivity contribution in [3.63, 3.8) is 0 Å². The number of rotatable bonds is 4. The van der Waals surface area contributed by atoms with E-state index in [0.717, 1.165) is 17.0 Å². The molecule has 0 fully saturated rings. The molecule has 0 amide bonds. The molecule has 2 aromatic rings. The Labute approximate surface area is 161 Å². The molecule has 0 unspecified atom stereocenters. The normalized spacial score (nSPS) is 11.6. The lowest BCUT2D eigenvalue weighted by atomic mass is 9.87. The number of nitrogens with one attached hydrogen (secondary N) is 1. The third-order valence-electron chi connectivity index (χ3n) is 3.59. The zero-order chi connectivity index (χ0) is 16.9. The molecule has 2 aromatic carbocycles. The standard InChI is InChI=1S/C19H25N3O.HI/c1-19(2,3)15-10-8-14(9-11-15)13-21-18(20)22-16-6-5-7-17(12-16)23-4;/h5-12H,13H2,1-4H3,(H3,20,21,22);1H. The second-order valence-electron chi connectivity index (χ2n) is 6.51. The van der Waals surface area contributed by atoms with Crippen molar-refractivity contribution in [3.8, 4) is 5.75 Å². The molecule has 0 aliphatic heterocycles. The molecule has 0 radical (unpaired) electrons. The number of nitrogens with zero attached hydrogens (tertiary/aromatic N) is 1. The monoisotopic (exact) mass is 439 g/mol. The van der Waals surface area contributed by atoms with Gasteiger partial charge < -0.3 is 15.8 Å². The lowest BCUT2D eigenvalue weighted by molar-refractivity contribution is 0.415. The molecule has 0 aliphatic carbocycles. The summed E-state index contributed by atoms with van der Waals surface area (Å²) in [6.07, 6.45) is 0. The fourth-order valence-corrected chi connectivity index (χ4v) is 2.17. The number of hydrogen-bond acceptors (Lipinski definition) is 2. The van der Waals surface area contributed by atoms with Crippen molar-refractivity contribution in [2.24, 2.45) is 10.7 Å². The zero-order valence-corrected chi connectivity index (χ0v) is 17.0. The summed E-state index contributed by atoms with van der Waals surface area (Å²) in [6.45, 7) is 7.16. The number of anilines is 1. The summed E-state index contributed by atoms with van der Waals surface area (Å²) in [7, 11) is 1.64. The van der Waals surface area contributed by atoms with E-state index in [2.05, 4.69) is 55.3 Å². The highest BCUT2D eigenvalue weighted by Crippen LogP contribution is 2.22. The number of halogens is 1. The molecule has 0 saturated carbocycles. The van der Waals surface area contributed by atoms with Crippen molar-refractivity contribution in [1.82, 2.24) is 0 Å². The SMILES string of the molecule is COc1cccc(NC(N)=NCc2ccc(C(C)(C)C)cc2)c1.I. The third kappa shape index (κ3) is 6.03. The van der Waals surface area contributed by atoms with Gasteiger partial charge in [-0.2, -0.15) is 0 Å². The minimum atomic E-state index is 0. The highest BCUT2D eigenvalue weighted by molar-refractivity contribution is 14.0. The maximum atomic E-state index is 5.94. The summed E-state index contributed by atoms with van der Waals surface area (Å²) >= 11 is 0. The van der Waals surface area contributed by atoms with Gasteiger partial charge in [-0.15, -0.1) is 24.0 Å². The van der Waals surface area contributed by atoms with Crippen LogP contribution in [0.4, 0.5) is 5.69 Å². The second-order valence-corrected chi connectivity index (χ2v) is 6.51. The largest absolute Gasteiger partial charge is 0.497 e. The molecule has 0 saturated heterocycles. The van der Waals surface area contributed by atoms with Gasteiger partial charge in [0.25, 0.3) is 0 Å². The van der Waals surface area contributed by atoms with E-state index >= 15 is 0 Å². The Balaban J connectivity index is 0.00000288. The van der Waals surface area contributed by atoms with Gasteiger partial charge in [-0.1, -0.05) is 51.1 Å². The minimum absolute atomic E-state index is 0. The van der Waals surface area contributed by atoms with Crippen molar-refractivity contribution in [1.29, 1.82) is 0 Å². The highest BCUT2D eigenvalue weighted by Gasteiger charge is 2.12. The van der Waals surface area contributed by atoms with Gasteiger partial charge in [0.15, 0.2) is 5.96 Å². The van der Waals surface area contributed by atoms with Gasteiger partial charge in [0.1, 0.15) is 5.75 Å². The van der Waals surface area contributed by atoms with Crippen LogP contribution < -0.4 is 15.8 Å². The number of ether oxygens (including phenoxy) is 1. The molecule has 4 nitrogen and oxygen atoms in total. The lowest BCUT2D eigenvalue weighted by Gasteiger charge is -2.18. The Bertz CT molecular complexity index is 676. The first-order chi connectivity index (χ1) is 10.9. The molecular weight excluding hydrogens is 413 g/mol. The molecule has 2 rings (SSSR count). The van der Waals surface area contributed by atoms with Crippen LogP contribution in [-0.4, -0.2) is 13.1 Å². The molecule has 0 aromatic heterocycles. The van der Waals surface area contributed by atoms with Crippen LogP contribution in [0.2, 0.25) is 0 Å². The average molecular weight is 439 g/mol. The minimum Gasteiger partial charge on any atom is -0.497 e. The molecule has 0 heterocycles. The van der Waals surface area contributed by atoms with E-state index in [9.17, 15) is 0 Å². The molecule has 0 atom stereocenters. The number of methoxy groups -OCH3 is 1. The summed E-state index contributed by atoms with van der Waals surface area (Å²) in [4.78, 5) is 4.38. The van der Waals surface area contributed by atoms with Crippen molar-refractivity contribution in [2.45, 2.75) is 32.7 Å². The van der Waals surface area contributed by atoms with Crippen LogP contribution >= 0.6 is 24.0 Å². The molecular formula is C19H26IN3O. The summed E-state index contributed by atoms with van der Waals surface area (Å²) in [5, 5.41) is 3.07. The van der Waals surface area contributed by atoms with Crippen LogP contribution in [0.3, 0.4) is 0 Å². The first kappa shape index (κ1) is 20.3. The van der Waals surface area contributed by atoms with Gasteiger partial charge in [0.05, 0.1) is 13.7 Å². The van der Waals surface area contributed by atoms with Crippen molar-refractivity contribution >= 4 is 35.6 Å². The van der Waals surface area contributed by atoms with E-state index in [1.807, 2.05) is 24.3 Å². The second kappa shape index (κ2) is 8.92. The summed E-state index contributed by atoms with van der Waals surface area (Å²) in [5.41, 5.74) is 9.40. The Kier molecular flexibility index (Phi) is 7.54. The number of aliphatic imine (C=N–C) groups is 1. The van der Waals surface area contributed by atoms with E-state index in [1.54, 1.807) is 7.11 Å². The fourth-order valence-electron chi connectivity index (χ4n) is 2.17. The Hall–Kier alpha value is -1.76. The van der Waals surface area contributed by atoms with Crippen molar-refractivity contribution in [3.05, 3.63) is 59.7 Å². The van der Waals surface area contributed by atoms with E-state index in [1.165, 1.54) is 5.56 Å². The molecule has 3 N–H and O–H groups in total. The summed E-state index contributed by atoms with van der Waals surface area (Å²) in [6, 6.07) is 16.1. The van der Waals surface area contributed by atoms with Gasteiger partial charge in [-0.25, -0.2) is 4.99 Å². The van der Waals surface area contributed by atoms with Gasteiger partial charge in [0.2, 0.25) is 0 Å². The zero-order valence-electron chi connectivity index (χ0n) is 14.7. The van der Waals surface area contributed by atoms with Gasteiger partial charge in [-0.3, -0.25) is 0 Å². The molecule has 24 heavy (non-hydrogen) atoms. The Morgan fingerprint density at radius 3 is 2.38 bits per heavy atom. The maximum absolute atomic E-state index is 5.94. The molecule has 130 valence electrons. The van der Waals surface area contributed by atoms with E-state index in [-0.39, 0.29) is 29.4 Å². The van der Waals surface area contributed by atoms with E-state index in [4.69, 9.17) is 10.5 Å². The fraction of sp³-hybridized carbons (Fsp3) is 0.316. The predicted octanol–water partition coefficient (Wildman–Crippen LogP) is 4.54. The quantitative estimate of drug-likeness (QED) is 0.418. The maximum Gasteiger partial charge on any atom is 0.193 e. The average Bonchev–Trinajstić information content (AvgIpc) is 2.52. The van der Waals surface area contributed by atoms with Crippen molar-refractivity contribution < 1.29 is 4.74 Å². The van der Waals surface area contributed by atoms with E-state index in [0.29, 0.717) is 12.5 Å². The van der Waals surface area contributed by atoms with Gasteiger partial charge in [-0.05, 0) is 28.7 Å². The molecule has 5 heteroatoms. The molecule has 0 aliphatic rings.